The van der Waals surface area contributed by atoms with Crippen molar-refractivity contribution in [2.45, 2.75) is 26.8 Å². The number of nitrogens with zero attached hydrogens (tertiary/aromatic N) is 4. The van der Waals surface area contributed by atoms with E-state index in [1.165, 1.54) is 11.1 Å². The number of piperazine rings is 1. The standard InChI is InChI=1S/C20H33N5O/c1-5-18-6-8-19(9-7-18)16-23(4)20(21-3)22-10-11-24-12-14-25(15-13-24)17(2)26/h6-9H,5,10-16H2,1-4H3,(H,21,22). The van der Waals surface area contributed by atoms with E-state index < -0.39 is 0 Å². The zero-order valence-corrected chi connectivity index (χ0v) is 16.7. The summed E-state index contributed by atoms with van der Waals surface area (Å²) in [6, 6.07) is 8.77. The first kappa shape index (κ1) is 20.2. The molecular weight excluding hydrogens is 326 g/mol. The summed E-state index contributed by atoms with van der Waals surface area (Å²) >= 11 is 0. The Bertz CT molecular complexity index is 591. The lowest BCUT2D eigenvalue weighted by atomic mass is 10.1. The van der Waals surface area contributed by atoms with E-state index in [1.807, 2.05) is 11.9 Å². The van der Waals surface area contributed by atoms with Gasteiger partial charge in [0.25, 0.3) is 0 Å². The third kappa shape index (κ3) is 6.02. The van der Waals surface area contributed by atoms with Crippen molar-refractivity contribution < 1.29 is 4.79 Å². The summed E-state index contributed by atoms with van der Waals surface area (Å²) in [5.74, 6) is 1.09. The van der Waals surface area contributed by atoms with Crippen LogP contribution in [-0.4, -0.2) is 79.9 Å². The van der Waals surface area contributed by atoms with Crippen molar-refractivity contribution in [1.82, 2.24) is 20.0 Å². The van der Waals surface area contributed by atoms with E-state index in [0.717, 1.165) is 58.2 Å². The molecule has 0 radical (unpaired) electrons. The van der Waals surface area contributed by atoms with Crippen molar-refractivity contribution in [2.75, 3.05) is 53.4 Å². The lowest BCUT2D eigenvalue weighted by molar-refractivity contribution is -0.130. The van der Waals surface area contributed by atoms with E-state index in [-0.39, 0.29) is 5.91 Å². The van der Waals surface area contributed by atoms with Gasteiger partial charge >= 0.3 is 0 Å². The van der Waals surface area contributed by atoms with E-state index in [1.54, 1.807) is 6.92 Å². The van der Waals surface area contributed by atoms with Crippen LogP contribution in [0.3, 0.4) is 0 Å². The van der Waals surface area contributed by atoms with Crippen LogP contribution < -0.4 is 5.32 Å². The number of benzene rings is 1. The first-order valence-corrected chi connectivity index (χ1v) is 9.51. The molecule has 0 bridgehead atoms. The lowest BCUT2D eigenvalue weighted by Crippen LogP contribution is -2.50. The predicted octanol–water partition coefficient (Wildman–Crippen LogP) is 1.42. The van der Waals surface area contributed by atoms with Crippen molar-refractivity contribution >= 4 is 11.9 Å². The van der Waals surface area contributed by atoms with Crippen LogP contribution in [0.5, 0.6) is 0 Å². The summed E-state index contributed by atoms with van der Waals surface area (Å²) in [7, 11) is 3.89. The quantitative estimate of drug-likeness (QED) is 0.617. The average Bonchev–Trinajstić information content (AvgIpc) is 2.66. The van der Waals surface area contributed by atoms with Crippen LogP contribution in [0.4, 0.5) is 0 Å². The average molecular weight is 360 g/mol. The smallest absolute Gasteiger partial charge is 0.219 e. The van der Waals surface area contributed by atoms with Crippen LogP contribution in [0.25, 0.3) is 0 Å². The molecule has 1 aromatic rings. The minimum absolute atomic E-state index is 0.178. The molecule has 6 nitrogen and oxygen atoms in total. The van der Waals surface area contributed by atoms with Gasteiger partial charge in [0, 0.05) is 66.8 Å². The van der Waals surface area contributed by atoms with Gasteiger partial charge in [0.15, 0.2) is 5.96 Å². The number of carbonyl (C=O) groups is 1. The Morgan fingerprint density at radius 1 is 1.15 bits per heavy atom. The molecule has 0 atom stereocenters. The summed E-state index contributed by atoms with van der Waals surface area (Å²) in [6.45, 7) is 10.0. The van der Waals surface area contributed by atoms with Gasteiger partial charge < -0.3 is 15.1 Å². The molecule has 2 rings (SSSR count). The molecule has 1 N–H and O–H groups in total. The maximum absolute atomic E-state index is 11.4. The molecule has 0 aromatic heterocycles. The van der Waals surface area contributed by atoms with Gasteiger partial charge in [-0.05, 0) is 17.5 Å². The van der Waals surface area contributed by atoms with E-state index in [9.17, 15) is 4.79 Å². The van der Waals surface area contributed by atoms with Crippen LogP contribution in [0.1, 0.15) is 25.0 Å². The van der Waals surface area contributed by atoms with Crippen LogP contribution in [0, 0.1) is 0 Å². The molecule has 1 aliphatic heterocycles. The fourth-order valence-electron chi connectivity index (χ4n) is 3.23. The first-order valence-electron chi connectivity index (χ1n) is 9.51. The van der Waals surface area contributed by atoms with Crippen molar-refractivity contribution in [1.29, 1.82) is 0 Å². The van der Waals surface area contributed by atoms with Crippen LogP contribution in [0.2, 0.25) is 0 Å². The number of guanidine groups is 1. The number of amides is 1. The van der Waals surface area contributed by atoms with Crippen molar-refractivity contribution in [3.8, 4) is 0 Å². The van der Waals surface area contributed by atoms with Gasteiger partial charge in [-0.1, -0.05) is 31.2 Å². The molecule has 0 aliphatic carbocycles. The number of hydrogen-bond acceptors (Lipinski definition) is 3. The number of hydrogen-bond donors (Lipinski definition) is 1. The molecular formula is C20H33N5O. The molecule has 0 spiro atoms. The van der Waals surface area contributed by atoms with Crippen molar-refractivity contribution in [2.24, 2.45) is 4.99 Å². The van der Waals surface area contributed by atoms with Gasteiger partial charge in [-0.15, -0.1) is 0 Å². The number of aliphatic imine (C=N–C) groups is 1. The topological polar surface area (TPSA) is 51.2 Å². The zero-order valence-electron chi connectivity index (χ0n) is 16.7. The van der Waals surface area contributed by atoms with E-state index in [4.69, 9.17) is 0 Å². The third-order valence-electron chi connectivity index (χ3n) is 4.95. The highest BCUT2D eigenvalue weighted by Crippen LogP contribution is 2.07. The lowest BCUT2D eigenvalue weighted by Gasteiger charge is -2.34. The Balaban J connectivity index is 1.73. The SMILES string of the molecule is CCc1ccc(CN(C)C(=NC)NCCN2CCN(C(C)=O)CC2)cc1. The minimum Gasteiger partial charge on any atom is -0.355 e. The van der Waals surface area contributed by atoms with Gasteiger partial charge in [0.05, 0.1) is 0 Å². The maximum atomic E-state index is 11.4. The number of nitrogens with one attached hydrogen (secondary N) is 1. The summed E-state index contributed by atoms with van der Waals surface area (Å²) in [5.41, 5.74) is 2.65. The second-order valence-corrected chi connectivity index (χ2v) is 6.85. The Morgan fingerprint density at radius 2 is 1.77 bits per heavy atom. The molecule has 1 saturated heterocycles. The van der Waals surface area contributed by atoms with Crippen molar-refractivity contribution in [3.05, 3.63) is 35.4 Å². The zero-order chi connectivity index (χ0) is 18.9. The summed E-state index contributed by atoms with van der Waals surface area (Å²) in [4.78, 5) is 22.2. The molecule has 144 valence electrons. The van der Waals surface area contributed by atoms with Gasteiger partial charge in [0.2, 0.25) is 5.91 Å². The summed E-state index contributed by atoms with van der Waals surface area (Å²) < 4.78 is 0. The number of aryl methyl sites for hydroxylation is 1. The van der Waals surface area contributed by atoms with E-state index >= 15 is 0 Å². The normalized spacial score (nSPS) is 15.8. The Kier molecular flexibility index (Phi) is 7.91. The summed E-state index contributed by atoms with van der Waals surface area (Å²) in [6.07, 6.45) is 1.07. The highest BCUT2D eigenvalue weighted by atomic mass is 16.2. The Morgan fingerprint density at radius 3 is 2.31 bits per heavy atom. The Labute approximate surface area is 157 Å². The molecule has 1 heterocycles. The number of carbonyl (C=O) groups excluding carboxylic acids is 1. The second kappa shape index (κ2) is 10.2. The molecule has 1 amide bonds. The van der Waals surface area contributed by atoms with Crippen LogP contribution >= 0.6 is 0 Å². The number of rotatable bonds is 6. The largest absolute Gasteiger partial charge is 0.355 e. The van der Waals surface area contributed by atoms with Gasteiger partial charge in [-0.3, -0.25) is 14.7 Å². The van der Waals surface area contributed by atoms with Gasteiger partial charge in [-0.2, -0.15) is 0 Å². The maximum Gasteiger partial charge on any atom is 0.219 e. The molecule has 6 heteroatoms. The fraction of sp³-hybridized carbons (Fsp3) is 0.600. The molecule has 0 unspecified atom stereocenters. The van der Waals surface area contributed by atoms with Gasteiger partial charge in [0.1, 0.15) is 0 Å². The highest BCUT2D eigenvalue weighted by molar-refractivity contribution is 5.79. The second-order valence-electron chi connectivity index (χ2n) is 6.85. The van der Waals surface area contributed by atoms with Crippen molar-refractivity contribution in [3.63, 3.8) is 0 Å². The Hall–Kier alpha value is -2.08. The highest BCUT2D eigenvalue weighted by Gasteiger charge is 2.18. The monoisotopic (exact) mass is 359 g/mol. The van der Waals surface area contributed by atoms with E-state index in [2.05, 4.69) is 58.3 Å². The van der Waals surface area contributed by atoms with Crippen LogP contribution in [0.15, 0.2) is 29.3 Å². The first-order chi connectivity index (χ1) is 12.5. The van der Waals surface area contributed by atoms with Crippen LogP contribution in [-0.2, 0) is 17.8 Å². The summed E-state index contributed by atoms with van der Waals surface area (Å²) in [5, 5.41) is 3.45. The molecule has 0 saturated carbocycles. The van der Waals surface area contributed by atoms with Gasteiger partial charge in [-0.25, -0.2) is 0 Å². The molecule has 1 fully saturated rings. The predicted molar refractivity (Wildman–Crippen MR) is 107 cm³/mol. The molecule has 1 aliphatic rings. The third-order valence-corrected chi connectivity index (χ3v) is 4.95. The van der Waals surface area contributed by atoms with E-state index in [0.29, 0.717) is 0 Å². The fourth-order valence-corrected chi connectivity index (χ4v) is 3.23. The molecule has 1 aromatic carbocycles. The minimum atomic E-state index is 0.178. The molecule has 26 heavy (non-hydrogen) atoms.